The zero-order valence-electron chi connectivity index (χ0n) is 13.0. The van der Waals surface area contributed by atoms with Gasteiger partial charge in [0.2, 0.25) is 5.96 Å². The van der Waals surface area contributed by atoms with Crippen LogP contribution in [0.1, 0.15) is 12.8 Å². The van der Waals surface area contributed by atoms with E-state index < -0.39 is 0 Å². The summed E-state index contributed by atoms with van der Waals surface area (Å²) in [5.74, 6) is 1.57. The normalized spacial score (nSPS) is 26.7. The van der Waals surface area contributed by atoms with Gasteiger partial charge in [-0.05, 0) is 25.0 Å². The van der Waals surface area contributed by atoms with E-state index in [1.807, 2.05) is 30.3 Å². The van der Waals surface area contributed by atoms with E-state index in [1.54, 1.807) is 12.5 Å². The first-order valence-corrected chi connectivity index (χ1v) is 8.18. The topological polar surface area (TPSA) is 86.1 Å². The largest absolute Gasteiger partial charge is 0.363 e. The van der Waals surface area contributed by atoms with E-state index in [9.17, 15) is 0 Å². The van der Waals surface area contributed by atoms with E-state index in [2.05, 4.69) is 30.9 Å². The third kappa shape index (κ3) is 2.38. The van der Waals surface area contributed by atoms with Gasteiger partial charge in [0.05, 0.1) is 23.6 Å². The molecular weight excluding hydrogens is 302 g/mol. The van der Waals surface area contributed by atoms with Crippen molar-refractivity contribution in [2.45, 2.75) is 31.1 Å². The van der Waals surface area contributed by atoms with Crippen LogP contribution < -0.4 is 16.0 Å². The summed E-state index contributed by atoms with van der Waals surface area (Å²) in [6.45, 7) is 0. The van der Waals surface area contributed by atoms with Gasteiger partial charge in [-0.2, -0.15) is 0 Å². The molecule has 0 amide bonds. The fourth-order valence-corrected chi connectivity index (χ4v) is 2.97. The Morgan fingerprint density at radius 1 is 1.17 bits per heavy atom. The molecule has 2 unspecified atom stereocenters. The summed E-state index contributed by atoms with van der Waals surface area (Å²) in [7, 11) is 0. The van der Waals surface area contributed by atoms with Crippen LogP contribution >= 0.6 is 0 Å². The van der Waals surface area contributed by atoms with Crippen LogP contribution in [-0.2, 0) is 0 Å². The van der Waals surface area contributed by atoms with Crippen LogP contribution in [0, 0.1) is 0 Å². The van der Waals surface area contributed by atoms with Gasteiger partial charge in [0.1, 0.15) is 11.9 Å². The molecule has 7 nitrogen and oxygen atoms in total. The van der Waals surface area contributed by atoms with Crippen LogP contribution in [-0.4, -0.2) is 41.4 Å². The summed E-state index contributed by atoms with van der Waals surface area (Å²) in [5, 5.41) is 11.0. The lowest BCUT2D eigenvalue weighted by Gasteiger charge is -2.26. The maximum Gasteiger partial charge on any atom is 0.203 e. The fraction of sp³-hybridized carbons (Fsp3) is 0.294. The molecule has 7 heteroatoms. The van der Waals surface area contributed by atoms with Crippen LogP contribution in [0.5, 0.6) is 0 Å². The average Bonchev–Trinajstić information content (AvgIpc) is 3.29. The smallest absolute Gasteiger partial charge is 0.203 e. The Balaban J connectivity index is 1.48. The minimum absolute atomic E-state index is 0.0155. The molecular formula is C17H17N7. The molecule has 0 saturated heterocycles. The van der Waals surface area contributed by atoms with Crippen LogP contribution in [0.25, 0.3) is 10.9 Å². The van der Waals surface area contributed by atoms with Crippen molar-refractivity contribution in [1.29, 1.82) is 0 Å². The molecule has 120 valence electrons. The average molecular weight is 319 g/mol. The summed E-state index contributed by atoms with van der Waals surface area (Å²) in [4.78, 5) is 18.3. The van der Waals surface area contributed by atoms with Crippen molar-refractivity contribution in [2.24, 2.45) is 15.0 Å². The molecule has 3 heterocycles. The monoisotopic (exact) mass is 319 g/mol. The van der Waals surface area contributed by atoms with E-state index in [0.29, 0.717) is 12.0 Å². The van der Waals surface area contributed by atoms with Gasteiger partial charge in [0.15, 0.2) is 6.17 Å². The zero-order valence-corrected chi connectivity index (χ0v) is 13.0. The number of rotatable bonds is 2. The Labute approximate surface area is 139 Å². The lowest BCUT2D eigenvalue weighted by molar-refractivity contribution is 0.628. The van der Waals surface area contributed by atoms with Crippen LogP contribution in [0.2, 0.25) is 0 Å². The summed E-state index contributed by atoms with van der Waals surface area (Å²) in [5.41, 5.74) is 1.83. The molecule has 3 N–H and O–H groups in total. The lowest BCUT2D eigenvalue weighted by Crippen LogP contribution is -2.54. The summed E-state index contributed by atoms with van der Waals surface area (Å²) >= 11 is 0. The first kappa shape index (κ1) is 13.5. The number of benzene rings is 1. The van der Waals surface area contributed by atoms with Gasteiger partial charge < -0.3 is 16.0 Å². The third-order valence-electron chi connectivity index (χ3n) is 4.34. The minimum Gasteiger partial charge on any atom is -0.363 e. The first-order valence-electron chi connectivity index (χ1n) is 8.18. The number of hydrogen-bond acceptors (Lipinski definition) is 6. The van der Waals surface area contributed by atoms with E-state index >= 15 is 0 Å². The molecule has 1 aromatic carbocycles. The van der Waals surface area contributed by atoms with Crippen LogP contribution in [0.15, 0.2) is 51.5 Å². The van der Waals surface area contributed by atoms with Crippen molar-refractivity contribution in [3.05, 3.63) is 36.5 Å². The highest BCUT2D eigenvalue weighted by molar-refractivity contribution is 6.12. The zero-order chi connectivity index (χ0) is 15.9. The Hall–Kier alpha value is -2.96. The molecule has 1 fully saturated rings. The lowest BCUT2D eigenvalue weighted by atomic mass is 10.2. The molecule has 0 radical (unpaired) electrons. The Bertz CT molecular complexity index is 876. The number of amidine groups is 1. The van der Waals surface area contributed by atoms with Gasteiger partial charge in [-0.1, -0.05) is 18.2 Å². The second kappa shape index (κ2) is 5.30. The van der Waals surface area contributed by atoms with E-state index in [1.165, 1.54) is 0 Å². The van der Waals surface area contributed by atoms with Crippen molar-refractivity contribution in [2.75, 3.05) is 5.32 Å². The molecule has 1 aromatic heterocycles. The highest BCUT2D eigenvalue weighted by atomic mass is 15.3. The number of para-hydroxylation sites is 1. The molecule has 0 bridgehead atoms. The highest BCUT2D eigenvalue weighted by Gasteiger charge is 2.35. The first-order chi connectivity index (χ1) is 11.9. The highest BCUT2D eigenvalue weighted by Crippen LogP contribution is 2.25. The number of aromatic nitrogens is 1. The van der Waals surface area contributed by atoms with Crippen molar-refractivity contribution in [3.8, 4) is 0 Å². The number of fused-ring (bicyclic) bond motifs is 2. The number of pyridine rings is 1. The van der Waals surface area contributed by atoms with Gasteiger partial charge in [-0.25, -0.2) is 9.98 Å². The van der Waals surface area contributed by atoms with Gasteiger partial charge in [-0.3, -0.25) is 9.98 Å². The molecule has 2 aliphatic heterocycles. The molecule has 5 rings (SSSR count). The number of hydrogen-bond donors (Lipinski definition) is 3. The molecule has 2 atom stereocenters. The van der Waals surface area contributed by atoms with E-state index in [4.69, 9.17) is 4.99 Å². The second-order valence-electron chi connectivity index (χ2n) is 6.19. The Morgan fingerprint density at radius 2 is 2.08 bits per heavy atom. The number of guanidine groups is 1. The van der Waals surface area contributed by atoms with Gasteiger partial charge in [0.25, 0.3) is 0 Å². The van der Waals surface area contributed by atoms with Gasteiger partial charge in [0, 0.05) is 11.6 Å². The molecule has 0 spiro atoms. The number of anilines is 1. The van der Waals surface area contributed by atoms with Crippen molar-refractivity contribution >= 4 is 34.7 Å². The van der Waals surface area contributed by atoms with Crippen LogP contribution in [0.4, 0.5) is 5.69 Å². The number of aliphatic imine (C=N–C) groups is 3. The molecule has 24 heavy (non-hydrogen) atoms. The number of nitrogens with zero attached hydrogens (tertiary/aromatic N) is 4. The Kier molecular flexibility index (Phi) is 2.97. The molecule has 1 aliphatic carbocycles. The summed E-state index contributed by atoms with van der Waals surface area (Å²) < 4.78 is 0. The van der Waals surface area contributed by atoms with Gasteiger partial charge in [-0.15, -0.1) is 0 Å². The van der Waals surface area contributed by atoms with Gasteiger partial charge >= 0.3 is 0 Å². The van der Waals surface area contributed by atoms with Crippen molar-refractivity contribution in [1.82, 2.24) is 15.6 Å². The molecule has 3 aliphatic rings. The SMILES string of the molecule is C1=NC2N=C(Nc3cccc4cccnc34)NC(=NC3CC3)C2N1. The third-order valence-corrected chi connectivity index (χ3v) is 4.34. The summed E-state index contributed by atoms with van der Waals surface area (Å²) in [6, 6.07) is 10.5. The maximum atomic E-state index is 4.77. The standard InChI is InChI=1S/C17H17N7/c1-3-10-4-2-8-18-13(10)12(5-1)22-17-23-15-14(19-9-20-15)16(24-17)21-11-6-7-11/h1-5,8-9,11,14-15H,6-7H2,(H,19,20)(H2,21,22,23,24). The number of nitrogens with one attached hydrogen (secondary N) is 3. The molecule has 1 saturated carbocycles. The Morgan fingerprint density at radius 3 is 3.00 bits per heavy atom. The predicted octanol–water partition coefficient (Wildman–Crippen LogP) is 1.49. The van der Waals surface area contributed by atoms with Crippen LogP contribution in [0.3, 0.4) is 0 Å². The second-order valence-corrected chi connectivity index (χ2v) is 6.19. The minimum atomic E-state index is -0.172. The summed E-state index contributed by atoms with van der Waals surface area (Å²) in [6.07, 6.45) is 5.66. The van der Waals surface area contributed by atoms with Crippen molar-refractivity contribution in [3.63, 3.8) is 0 Å². The quantitative estimate of drug-likeness (QED) is 0.783. The van der Waals surface area contributed by atoms with E-state index in [-0.39, 0.29) is 12.2 Å². The van der Waals surface area contributed by atoms with E-state index in [0.717, 1.165) is 35.3 Å². The molecule has 2 aromatic rings. The predicted molar refractivity (Wildman–Crippen MR) is 95.6 cm³/mol. The fourth-order valence-electron chi connectivity index (χ4n) is 2.97. The maximum absolute atomic E-state index is 4.77. The van der Waals surface area contributed by atoms with Crippen molar-refractivity contribution < 1.29 is 0 Å².